The van der Waals surface area contributed by atoms with Crippen molar-refractivity contribution in [1.29, 1.82) is 0 Å². The van der Waals surface area contributed by atoms with Gasteiger partial charge in [-0.05, 0) is 26.3 Å². The Morgan fingerprint density at radius 2 is 2.27 bits per heavy atom. The van der Waals surface area contributed by atoms with Gasteiger partial charge in [0, 0.05) is 30.1 Å². The molecule has 1 heterocycles. The Hall–Kier alpha value is -1.33. The van der Waals surface area contributed by atoms with Gasteiger partial charge in [-0.15, -0.1) is 0 Å². The molecule has 0 aromatic carbocycles. The Labute approximate surface area is 89.7 Å². The lowest BCUT2D eigenvalue weighted by molar-refractivity contribution is 0.261. The van der Waals surface area contributed by atoms with Gasteiger partial charge in [0.2, 0.25) is 0 Å². The molecule has 0 spiro atoms. The van der Waals surface area contributed by atoms with Gasteiger partial charge >= 0.3 is 0 Å². The fourth-order valence-corrected chi connectivity index (χ4v) is 1.32. The average Bonchev–Trinajstić information content (AvgIpc) is 2.17. The quantitative estimate of drug-likeness (QED) is 0.429. The SMILES string of the molecule is CC(C)(CCO)Nc1ccnc(NN)c1. The summed E-state index contributed by atoms with van der Waals surface area (Å²) >= 11 is 0. The summed E-state index contributed by atoms with van der Waals surface area (Å²) in [6, 6.07) is 3.68. The number of aliphatic hydroxyl groups excluding tert-OH is 1. The van der Waals surface area contributed by atoms with Gasteiger partial charge in [-0.3, -0.25) is 0 Å². The first-order chi connectivity index (χ1) is 7.07. The number of nitrogen functional groups attached to an aromatic ring is 1. The van der Waals surface area contributed by atoms with Gasteiger partial charge < -0.3 is 15.8 Å². The first-order valence-electron chi connectivity index (χ1n) is 4.89. The van der Waals surface area contributed by atoms with Crippen LogP contribution in [0.2, 0.25) is 0 Å². The number of hydrogen-bond donors (Lipinski definition) is 4. The predicted octanol–water partition coefficient (Wildman–Crippen LogP) is 0.940. The summed E-state index contributed by atoms with van der Waals surface area (Å²) in [6.45, 7) is 4.21. The average molecular weight is 210 g/mol. The van der Waals surface area contributed by atoms with Gasteiger partial charge in [0.1, 0.15) is 5.82 Å². The molecule has 0 fully saturated rings. The van der Waals surface area contributed by atoms with Crippen LogP contribution in [0.4, 0.5) is 11.5 Å². The van der Waals surface area contributed by atoms with E-state index in [0.29, 0.717) is 12.2 Å². The minimum absolute atomic E-state index is 0.151. The molecule has 0 amide bonds. The summed E-state index contributed by atoms with van der Waals surface area (Å²) in [4.78, 5) is 4.01. The Balaban J connectivity index is 2.71. The molecule has 1 rings (SSSR count). The Morgan fingerprint density at radius 1 is 1.53 bits per heavy atom. The van der Waals surface area contributed by atoms with Crippen molar-refractivity contribution in [2.75, 3.05) is 17.3 Å². The van der Waals surface area contributed by atoms with Crippen LogP contribution in [0.25, 0.3) is 0 Å². The zero-order valence-corrected chi connectivity index (χ0v) is 9.12. The lowest BCUT2D eigenvalue weighted by Gasteiger charge is -2.26. The lowest BCUT2D eigenvalue weighted by Crippen LogP contribution is -2.31. The minimum atomic E-state index is -0.151. The van der Waals surface area contributed by atoms with Crippen LogP contribution in [-0.4, -0.2) is 22.2 Å². The molecule has 0 saturated carbocycles. The van der Waals surface area contributed by atoms with Gasteiger partial charge in [0.25, 0.3) is 0 Å². The fourth-order valence-electron chi connectivity index (χ4n) is 1.32. The van der Waals surface area contributed by atoms with Crippen LogP contribution in [0.3, 0.4) is 0 Å². The highest BCUT2D eigenvalue weighted by Crippen LogP contribution is 2.19. The van der Waals surface area contributed by atoms with Crippen LogP contribution in [0.5, 0.6) is 0 Å². The number of pyridine rings is 1. The number of anilines is 2. The van der Waals surface area contributed by atoms with Gasteiger partial charge in [-0.1, -0.05) is 0 Å². The minimum Gasteiger partial charge on any atom is -0.396 e. The summed E-state index contributed by atoms with van der Waals surface area (Å²) in [6.07, 6.45) is 2.35. The van der Waals surface area contributed by atoms with E-state index >= 15 is 0 Å². The maximum atomic E-state index is 8.90. The summed E-state index contributed by atoms with van der Waals surface area (Å²) in [7, 11) is 0. The second-order valence-electron chi connectivity index (χ2n) is 4.06. The van der Waals surface area contributed by atoms with Gasteiger partial charge in [0.15, 0.2) is 0 Å². The van der Waals surface area contributed by atoms with Crippen molar-refractivity contribution in [2.45, 2.75) is 25.8 Å². The maximum Gasteiger partial charge on any atom is 0.141 e. The van der Waals surface area contributed by atoms with Crippen LogP contribution in [0.1, 0.15) is 20.3 Å². The van der Waals surface area contributed by atoms with Crippen molar-refractivity contribution in [3.05, 3.63) is 18.3 Å². The number of nitrogens with two attached hydrogens (primary N) is 1. The standard InChI is InChI=1S/C10H18N4O/c1-10(2,4-6-15)13-8-3-5-12-9(7-8)14-11/h3,5,7,15H,4,6,11H2,1-2H3,(H2,12,13,14). The van der Waals surface area contributed by atoms with Crippen LogP contribution < -0.4 is 16.6 Å². The largest absolute Gasteiger partial charge is 0.396 e. The number of aliphatic hydroxyl groups is 1. The number of nitrogens with one attached hydrogen (secondary N) is 2. The van der Waals surface area contributed by atoms with E-state index in [2.05, 4.69) is 15.7 Å². The van der Waals surface area contributed by atoms with E-state index in [0.717, 1.165) is 5.69 Å². The summed E-state index contributed by atoms with van der Waals surface area (Å²) < 4.78 is 0. The second-order valence-corrected chi connectivity index (χ2v) is 4.06. The first-order valence-corrected chi connectivity index (χ1v) is 4.89. The molecule has 0 radical (unpaired) electrons. The van der Waals surface area contributed by atoms with Crippen molar-refractivity contribution in [3.8, 4) is 0 Å². The van der Waals surface area contributed by atoms with E-state index in [9.17, 15) is 0 Å². The molecule has 5 N–H and O–H groups in total. The molecule has 5 nitrogen and oxygen atoms in total. The second kappa shape index (κ2) is 4.95. The van der Waals surface area contributed by atoms with E-state index in [-0.39, 0.29) is 12.1 Å². The van der Waals surface area contributed by atoms with E-state index in [1.807, 2.05) is 26.0 Å². The molecule has 1 aromatic rings. The van der Waals surface area contributed by atoms with Gasteiger partial charge in [-0.25, -0.2) is 10.8 Å². The molecule has 0 aliphatic heterocycles. The smallest absolute Gasteiger partial charge is 0.141 e. The predicted molar refractivity (Wildman–Crippen MR) is 61.5 cm³/mol. The lowest BCUT2D eigenvalue weighted by atomic mass is 10.0. The molecule has 1 aromatic heterocycles. The van der Waals surface area contributed by atoms with Crippen molar-refractivity contribution in [3.63, 3.8) is 0 Å². The maximum absolute atomic E-state index is 8.90. The molecule has 0 unspecified atom stereocenters. The molecule has 0 aliphatic rings. The van der Waals surface area contributed by atoms with E-state index in [4.69, 9.17) is 10.9 Å². The molecule has 5 heteroatoms. The van der Waals surface area contributed by atoms with Crippen molar-refractivity contribution < 1.29 is 5.11 Å². The zero-order chi connectivity index (χ0) is 11.3. The highest BCUT2D eigenvalue weighted by Gasteiger charge is 2.16. The fraction of sp³-hybridized carbons (Fsp3) is 0.500. The molecular formula is C10H18N4O. The summed E-state index contributed by atoms with van der Waals surface area (Å²) in [5.41, 5.74) is 3.26. The third kappa shape index (κ3) is 3.73. The molecule has 0 aliphatic carbocycles. The van der Waals surface area contributed by atoms with Crippen molar-refractivity contribution in [1.82, 2.24) is 4.98 Å². The highest BCUT2D eigenvalue weighted by molar-refractivity contribution is 5.52. The van der Waals surface area contributed by atoms with Gasteiger partial charge in [0.05, 0.1) is 0 Å². The molecular weight excluding hydrogens is 192 g/mol. The molecule has 0 atom stereocenters. The number of hydrazine groups is 1. The monoisotopic (exact) mass is 210 g/mol. The molecule has 0 bridgehead atoms. The van der Waals surface area contributed by atoms with Crippen LogP contribution in [0.15, 0.2) is 18.3 Å². The van der Waals surface area contributed by atoms with Crippen molar-refractivity contribution >= 4 is 11.5 Å². The van der Waals surface area contributed by atoms with Crippen LogP contribution >= 0.6 is 0 Å². The Kier molecular flexibility index (Phi) is 3.88. The number of rotatable bonds is 5. The summed E-state index contributed by atoms with van der Waals surface area (Å²) in [5, 5.41) is 12.2. The molecule has 84 valence electrons. The number of aromatic nitrogens is 1. The van der Waals surface area contributed by atoms with Gasteiger partial charge in [-0.2, -0.15) is 0 Å². The van der Waals surface area contributed by atoms with Crippen LogP contribution in [-0.2, 0) is 0 Å². The highest BCUT2D eigenvalue weighted by atomic mass is 16.3. The van der Waals surface area contributed by atoms with E-state index < -0.39 is 0 Å². The van der Waals surface area contributed by atoms with E-state index in [1.54, 1.807) is 6.20 Å². The van der Waals surface area contributed by atoms with E-state index in [1.165, 1.54) is 0 Å². The summed E-state index contributed by atoms with van der Waals surface area (Å²) in [5.74, 6) is 5.87. The normalized spacial score (nSPS) is 11.2. The molecule has 0 saturated heterocycles. The van der Waals surface area contributed by atoms with Crippen LogP contribution in [0, 0.1) is 0 Å². The van der Waals surface area contributed by atoms with Crippen molar-refractivity contribution in [2.24, 2.45) is 5.84 Å². The zero-order valence-electron chi connectivity index (χ0n) is 9.12. The number of nitrogens with zero attached hydrogens (tertiary/aromatic N) is 1. The third-order valence-electron chi connectivity index (χ3n) is 2.13. The first kappa shape index (κ1) is 11.7. The Bertz CT molecular complexity index is 314. The Morgan fingerprint density at radius 3 is 2.87 bits per heavy atom. The number of hydrogen-bond acceptors (Lipinski definition) is 5. The topological polar surface area (TPSA) is 83.2 Å². The third-order valence-corrected chi connectivity index (χ3v) is 2.13. The molecule has 15 heavy (non-hydrogen) atoms.